The molecule has 0 atom stereocenters. The maximum atomic E-state index is 11.8. The smallest absolute Gasteiger partial charge is 0.223 e. The molecular weight excluding hydrogens is 273 g/mol. The van der Waals surface area contributed by atoms with Crippen LogP contribution >= 0.6 is 24.8 Å². The Hall–Kier alpha value is -0.0300. The van der Waals surface area contributed by atoms with Gasteiger partial charge >= 0.3 is 0 Å². The summed E-state index contributed by atoms with van der Waals surface area (Å²) in [5.41, 5.74) is 0. The van der Waals surface area contributed by atoms with Gasteiger partial charge in [0.1, 0.15) is 0 Å². The molecule has 0 radical (unpaired) electrons. The lowest BCUT2D eigenvalue weighted by molar-refractivity contribution is -0.133. The maximum Gasteiger partial charge on any atom is 0.223 e. The molecule has 18 heavy (non-hydrogen) atoms. The zero-order valence-corrected chi connectivity index (χ0v) is 12.7. The van der Waals surface area contributed by atoms with Crippen LogP contribution in [-0.4, -0.2) is 61.5 Å². The van der Waals surface area contributed by atoms with Crippen molar-refractivity contribution in [3.8, 4) is 0 Å². The molecular formula is C12H25Cl2N3O. The predicted molar refractivity (Wildman–Crippen MR) is 78.8 cm³/mol. The van der Waals surface area contributed by atoms with Gasteiger partial charge in [0, 0.05) is 45.2 Å². The van der Waals surface area contributed by atoms with Gasteiger partial charge in [0.25, 0.3) is 0 Å². The monoisotopic (exact) mass is 297 g/mol. The summed E-state index contributed by atoms with van der Waals surface area (Å²) < 4.78 is 0. The summed E-state index contributed by atoms with van der Waals surface area (Å²) in [4.78, 5) is 16.4. The lowest BCUT2D eigenvalue weighted by Crippen LogP contribution is -2.53. The number of halogens is 2. The number of piperazine rings is 1. The Kier molecular flexibility index (Phi) is 8.95. The lowest BCUT2D eigenvalue weighted by atomic mass is 9.91. The third-order valence-corrected chi connectivity index (χ3v) is 3.85. The van der Waals surface area contributed by atoms with E-state index in [2.05, 4.69) is 10.2 Å². The van der Waals surface area contributed by atoms with E-state index in [4.69, 9.17) is 0 Å². The maximum absolute atomic E-state index is 11.8. The first-order chi connectivity index (χ1) is 7.81. The van der Waals surface area contributed by atoms with Gasteiger partial charge in [-0.3, -0.25) is 9.69 Å². The van der Waals surface area contributed by atoms with Crippen molar-refractivity contribution in [2.75, 3.05) is 39.8 Å². The number of hydrogen-bond acceptors (Lipinski definition) is 3. The van der Waals surface area contributed by atoms with E-state index in [1.54, 1.807) is 0 Å². The second-order valence-corrected chi connectivity index (χ2v) is 4.86. The fourth-order valence-corrected chi connectivity index (χ4v) is 2.48. The first-order valence-electron chi connectivity index (χ1n) is 6.47. The van der Waals surface area contributed by atoms with E-state index in [0.717, 1.165) is 38.8 Å². The number of nitrogens with one attached hydrogen (secondary N) is 1. The van der Waals surface area contributed by atoms with E-state index in [1.165, 1.54) is 19.3 Å². The quantitative estimate of drug-likeness (QED) is 0.845. The topological polar surface area (TPSA) is 35.6 Å². The molecule has 0 spiro atoms. The molecule has 1 saturated carbocycles. The Morgan fingerprint density at radius 2 is 1.78 bits per heavy atom. The third kappa shape index (κ3) is 4.57. The molecule has 0 aromatic heterocycles. The Labute approximate surface area is 122 Å². The standard InChI is InChI=1S/C12H23N3O.2ClH/c1-13-6-5-12(16)15-9-7-14(8-10-15)11-3-2-4-11;;/h11,13H,2-10H2,1H3;2*1H. The molecule has 0 aromatic carbocycles. The predicted octanol–water partition coefficient (Wildman–Crippen LogP) is 1.14. The molecule has 1 N–H and O–H groups in total. The van der Waals surface area contributed by atoms with E-state index in [9.17, 15) is 4.79 Å². The average molecular weight is 298 g/mol. The first-order valence-corrected chi connectivity index (χ1v) is 6.47. The Morgan fingerprint density at radius 1 is 1.17 bits per heavy atom. The van der Waals surface area contributed by atoms with Gasteiger partial charge in [-0.25, -0.2) is 0 Å². The van der Waals surface area contributed by atoms with Crippen molar-refractivity contribution in [3.63, 3.8) is 0 Å². The normalized spacial score (nSPS) is 20.6. The van der Waals surface area contributed by atoms with E-state index < -0.39 is 0 Å². The zero-order chi connectivity index (χ0) is 11.4. The van der Waals surface area contributed by atoms with Crippen molar-refractivity contribution in [3.05, 3.63) is 0 Å². The zero-order valence-electron chi connectivity index (χ0n) is 11.1. The molecule has 6 heteroatoms. The van der Waals surface area contributed by atoms with Crippen molar-refractivity contribution in [1.29, 1.82) is 0 Å². The van der Waals surface area contributed by atoms with Crippen LogP contribution in [0.5, 0.6) is 0 Å². The van der Waals surface area contributed by atoms with Crippen LogP contribution in [0, 0.1) is 0 Å². The summed E-state index contributed by atoms with van der Waals surface area (Å²) in [5, 5.41) is 3.03. The van der Waals surface area contributed by atoms with Crippen LogP contribution in [0.3, 0.4) is 0 Å². The third-order valence-electron chi connectivity index (χ3n) is 3.85. The van der Waals surface area contributed by atoms with Crippen LogP contribution in [0.15, 0.2) is 0 Å². The minimum absolute atomic E-state index is 0. The molecule has 0 bridgehead atoms. The van der Waals surface area contributed by atoms with Crippen molar-refractivity contribution < 1.29 is 4.79 Å². The SMILES string of the molecule is CNCCC(=O)N1CCN(C2CCC2)CC1.Cl.Cl. The van der Waals surface area contributed by atoms with E-state index in [-0.39, 0.29) is 24.8 Å². The second kappa shape index (κ2) is 8.97. The molecule has 108 valence electrons. The van der Waals surface area contributed by atoms with Gasteiger partial charge in [-0.15, -0.1) is 24.8 Å². The van der Waals surface area contributed by atoms with Crippen LogP contribution < -0.4 is 5.32 Å². The van der Waals surface area contributed by atoms with Gasteiger partial charge in [0.2, 0.25) is 5.91 Å². The molecule has 1 saturated heterocycles. The van der Waals surface area contributed by atoms with Crippen LogP contribution in [-0.2, 0) is 4.79 Å². The first kappa shape index (κ1) is 18.0. The Bertz CT molecular complexity index is 241. The number of rotatable bonds is 4. The minimum atomic E-state index is 0. The summed E-state index contributed by atoms with van der Waals surface area (Å²) in [6.07, 6.45) is 4.77. The Morgan fingerprint density at radius 3 is 2.22 bits per heavy atom. The number of amides is 1. The number of carbonyl (C=O) groups is 1. The average Bonchev–Trinajstić information content (AvgIpc) is 2.24. The van der Waals surface area contributed by atoms with Gasteiger partial charge in [-0.05, 0) is 19.9 Å². The van der Waals surface area contributed by atoms with Crippen LogP contribution in [0.4, 0.5) is 0 Å². The molecule has 2 rings (SSSR count). The molecule has 1 aliphatic heterocycles. The van der Waals surface area contributed by atoms with E-state index in [0.29, 0.717) is 12.3 Å². The van der Waals surface area contributed by atoms with Gasteiger partial charge in [0.05, 0.1) is 0 Å². The summed E-state index contributed by atoms with van der Waals surface area (Å²) in [5.74, 6) is 0.308. The van der Waals surface area contributed by atoms with Gasteiger partial charge < -0.3 is 10.2 Å². The highest BCUT2D eigenvalue weighted by atomic mass is 35.5. The Balaban J connectivity index is 0.00000144. The van der Waals surface area contributed by atoms with Crippen LogP contribution in [0.2, 0.25) is 0 Å². The van der Waals surface area contributed by atoms with Crippen molar-refractivity contribution in [2.45, 2.75) is 31.7 Å². The highest BCUT2D eigenvalue weighted by Crippen LogP contribution is 2.25. The second-order valence-electron chi connectivity index (χ2n) is 4.86. The van der Waals surface area contributed by atoms with Crippen LogP contribution in [0.1, 0.15) is 25.7 Å². The summed E-state index contributed by atoms with van der Waals surface area (Å²) in [6.45, 7) is 4.81. The van der Waals surface area contributed by atoms with Crippen molar-refractivity contribution in [1.82, 2.24) is 15.1 Å². The fraction of sp³-hybridized carbons (Fsp3) is 0.917. The fourth-order valence-electron chi connectivity index (χ4n) is 2.48. The summed E-state index contributed by atoms with van der Waals surface area (Å²) in [7, 11) is 1.89. The highest BCUT2D eigenvalue weighted by molar-refractivity contribution is 5.85. The van der Waals surface area contributed by atoms with E-state index >= 15 is 0 Å². The van der Waals surface area contributed by atoms with Crippen molar-refractivity contribution in [2.24, 2.45) is 0 Å². The van der Waals surface area contributed by atoms with E-state index in [1.807, 2.05) is 11.9 Å². The highest BCUT2D eigenvalue weighted by Gasteiger charge is 2.28. The number of carbonyl (C=O) groups excluding carboxylic acids is 1. The number of nitrogens with zero attached hydrogens (tertiary/aromatic N) is 2. The van der Waals surface area contributed by atoms with Gasteiger partial charge in [-0.1, -0.05) is 6.42 Å². The molecule has 2 aliphatic rings. The molecule has 1 aliphatic carbocycles. The molecule has 4 nitrogen and oxygen atoms in total. The molecule has 0 aromatic rings. The molecule has 1 heterocycles. The largest absolute Gasteiger partial charge is 0.340 e. The van der Waals surface area contributed by atoms with Gasteiger partial charge in [0.15, 0.2) is 0 Å². The van der Waals surface area contributed by atoms with Crippen LogP contribution in [0.25, 0.3) is 0 Å². The minimum Gasteiger partial charge on any atom is -0.340 e. The van der Waals surface area contributed by atoms with Gasteiger partial charge in [-0.2, -0.15) is 0 Å². The lowest BCUT2D eigenvalue weighted by Gasteiger charge is -2.43. The molecule has 1 amide bonds. The molecule has 2 fully saturated rings. The summed E-state index contributed by atoms with van der Waals surface area (Å²) in [6, 6.07) is 0.828. The number of hydrogen-bond donors (Lipinski definition) is 1. The summed E-state index contributed by atoms with van der Waals surface area (Å²) >= 11 is 0. The molecule has 0 unspecified atom stereocenters. The van der Waals surface area contributed by atoms with Crippen molar-refractivity contribution >= 4 is 30.7 Å².